The Hall–Kier alpha value is -2.72. The number of hydrogen-bond acceptors (Lipinski definition) is 13. The van der Waals surface area contributed by atoms with Gasteiger partial charge in [-0.05, 0) is 65.2 Å². The van der Waals surface area contributed by atoms with Crippen LogP contribution in [-0.2, 0) is 32.9 Å². The van der Waals surface area contributed by atoms with Crippen LogP contribution in [0, 0.1) is 18.8 Å². The van der Waals surface area contributed by atoms with Crippen molar-refractivity contribution in [2.75, 3.05) is 25.1 Å². The molecule has 16 nitrogen and oxygen atoms in total. The molecule has 0 aromatic carbocycles. The first kappa shape index (κ1) is 40.1. The fourth-order valence-electron chi connectivity index (χ4n) is 6.47. The molecule has 17 heteroatoms. The smallest absolute Gasteiger partial charge is 0.342 e. The number of aryl methyl sites for hydroxylation is 1. The van der Waals surface area contributed by atoms with Crippen molar-refractivity contribution in [3.05, 3.63) is 12.2 Å². The molecule has 5 N–H and O–H groups in total. The highest BCUT2D eigenvalue weighted by Gasteiger charge is 2.54. The maximum atomic E-state index is 14.6. The van der Waals surface area contributed by atoms with Gasteiger partial charge in [0.1, 0.15) is 35.7 Å². The largest absolute Gasteiger partial charge is 0.465 e. The number of aromatic nitrogens is 4. The van der Waals surface area contributed by atoms with Crippen LogP contribution in [0.1, 0.15) is 99.0 Å². The minimum Gasteiger partial charge on any atom is -0.465 e. The molecule has 0 amide bonds. The van der Waals surface area contributed by atoms with Crippen LogP contribution in [0.3, 0.4) is 0 Å². The number of anilines is 1. The lowest BCUT2D eigenvalue weighted by Crippen LogP contribution is -2.47. The van der Waals surface area contributed by atoms with Gasteiger partial charge < -0.3 is 34.3 Å². The second kappa shape index (κ2) is 17.2. The number of ether oxygens (including phenoxy) is 3. The van der Waals surface area contributed by atoms with E-state index < -0.39 is 62.3 Å². The van der Waals surface area contributed by atoms with Gasteiger partial charge in [-0.2, -0.15) is 0 Å². The van der Waals surface area contributed by atoms with Crippen LogP contribution in [0.4, 0.5) is 5.82 Å². The van der Waals surface area contributed by atoms with Crippen molar-refractivity contribution in [3.63, 3.8) is 0 Å². The Bertz CT molecular complexity index is 1460. The van der Waals surface area contributed by atoms with E-state index in [0.717, 1.165) is 25.7 Å². The van der Waals surface area contributed by atoms with Gasteiger partial charge in [-0.3, -0.25) is 18.7 Å². The molecular weight excluding hydrogens is 669 g/mol. The van der Waals surface area contributed by atoms with Gasteiger partial charge in [0.05, 0.1) is 26.1 Å². The number of fused-ring (bicyclic) bond motifs is 1. The monoisotopic (exact) mass is 725 g/mol. The summed E-state index contributed by atoms with van der Waals surface area (Å²) in [5, 5.41) is 32.1. The van der Waals surface area contributed by atoms with Crippen molar-refractivity contribution in [2.45, 2.75) is 136 Å². The fraction of sp³-hybridized carbons (Fsp3) is 0.788. The zero-order chi connectivity index (χ0) is 36.8. The Morgan fingerprint density at radius 1 is 1.04 bits per heavy atom. The molecule has 282 valence electrons. The van der Waals surface area contributed by atoms with Gasteiger partial charge in [-0.15, -0.1) is 0 Å². The molecule has 1 aliphatic carbocycles. The summed E-state index contributed by atoms with van der Waals surface area (Å²) >= 11 is 0. The molecule has 2 aromatic heterocycles. The molecule has 0 spiro atoms. The van der Waals surface area contributed by atoms with E-state index in [1.165, 1.54) is 13.3 Å². The average Bonchev–Trinajstić information content (AvgIpc) is 3.74. The summed E-state index contributed by atoms with van der Waals surface area (Å²) in [4.78, 5) is 39.7. The summed E-state index contributed by atoms with van der Waals surface area (Å²) < 4.78 is 38.9. The minimum atomic E-state index is -4.29. The van der Waals surface area contributed by atoms with Crippen molar-refractivity contribution in [1.82, 2.24) is 29.7 Å². The number of hydrogen-bond donors (Lipinski definition) is 5. The number of rotatable bonds is 18. The summed E-state index contributed by atoms with van der Waals surface area (Å²) in [7, 11) is -4.29. The van der Waals surface area contributed by atoms with Crippen LogP contribution >= 0.6 is 7.67 Å². The van der Waals surface area contributed by atoms with Crippen LogP contribution in [-0.4, -0.2) is 97.4 Å². The third-order valence-corrected chi connectivity index (χ3v) is 10.7. The Kier molecular flexibility index (Phi) is 13.8. The number of imidazole rings is 1. The lowest BCUT2D eigenvalue weighted by molar-refractivity contribution is -0.146. The highest BCUT2D eigenvalue weighted by atomic mass is 31.2. The zero-order valence-corrected chi connectivity index (χ0v) is 31.4. The number of nitrogens with zero attached hydrogens (tertiary/aromatic N) is 4. The van der Waals surface area contributed by atoms with Gasteiger partial charge >= 0.3 is 19.6 Å². The van der Waals surface area contributed by atoms with Gasteiger partial charge in [0.2, 0.25) is 0 Å². The van der Waals surface area contributed by atoms with E-state index in [1.807, 2.05) is 27.7 Å². The molecule has 1 saturated heterocycles. The number of nitrogens with one attached hydrogen (secondary N) is 3. The standard InChI is InChI=1S/C33H56N7O9P/c1-9-46-30(42)23(15-19(3)4)38-50(45,39-24(16-20(5)6)31(43)47-10-2)48-17-25-27(41)33(8,44)32(49-25)40-18-34-26-28(35-21(7)36-29(26)40)37-22-13-11-12-14-22/h18-20,22-25,27,32,41,44H,9-17H2,1-8H3,(H,35,36,37)(H2,38,39,45)/t23-,24-,25+,27-,32+,33?/m0/s1. The fourth-order valence-corrected chi connectivity index (χ4v) is 8.29. The van der Waals surface area contributed by atoms with Crippen molar-refractivity contribution < 1.29 is 43.1 Å². The highest BCUT2D eigenvalue weighted by molar-refractivity contribution is 7.54. The molecule has 2 fully saturated rings. The number of aliphatic hydroxyl groups is 2. The van der Waals surface area contributed by atoms with Crippen LogP contribution in [0.2, 0.25) is 0 Å². The first-order chi connectivity index (χ1) is 23.6. The molecule has 2 aliphatic rings. The lowest BCUT2D eigenvalue weighted by atomic mass is 9.96. The molecule has 3 heterocycles. The Morgan fingerprint density at radius 2 is 1.60 bits per heavy atom. The molecule has 1 saturated carbocycles. The molecule has 2 aromatic rings. The van der Waals surface area contributed by atoms with Crippen molar-refractivity contribution in [1.29, 1.82) is 0 Å². The Morgan fingerprint density at radius 3 is 2.12 bits per heavy atom. The minimum absolute atomic E-state index is 0.00375. The first-order valence-corrected chi connectivity index (χ1v) is 19.4. The topological polar surface area (TPSA) is 208 Å². The number of carbonyl (C=O) groups excluding carboxylic acids is 2. The summed E-state index contributed by atoms with van der Waals surface area (Å²) in [5.41, 5.74) is -0.956. The molecule has 1 unspecified atom stereocenters. The maximum absolute atomic E-state index is 14.6. The molecule has 0 radical (unpaired) electrons. The van der Waals surface area contributed by atoms with Gasteiger partial charge in [-0.25, -0.2) is 25.1 Å². The quantitative estimate of drug-likeness (QED) is 0.110. The van der Waals surface area contributed by atoms with Crippen molar-refractivity contribution in [2.24, 2.45) is 11.8 Å². The van der Waals surface area contributed by atoms with Crippen LogP contribution < -0.4 is 15.5 Å². The second-order valence-corrected chi connectivity index (χ2v) is 16.1. The van der Waals surface area contributed by atoms with E-state index in [-0.39, 0.29) is 43.9 Å². The van der Waals surface area contributed by atoms with Gasteiger partial charge in [-0.1, -0.05) is 40.5 Å². The molecule has 50 heavy (non-hydrogen) atoms. The zero-order valence-electron chi connectivity index (χ0n) is 30.5. The predicted octanol–water partition coefficient (Wildman–Crippen LogP) is 3.76. The normalized spacial score (nSPS) is 24.3. The number of aliphatic hydroxyl groups excluding tert-OH is 1. The molecular formula is C33H56N7O9P. The summed E-state index contributed by atoms with van der Waals surface area (Å²) in [6.07, 6.45) is 2.47. The van der Waals surface area contributed by atoms with Crippen LogP contribution in [0.15, 0.2) is 6.33 Å². The van der Waals surface area contributed by atoms with E-state index in [0.29, 0.717) is 22.8 Å². The van der Waals surface area contributed by atoms with Gasteiger partial charge in [0, 0.05) is 6.04 Å². The van der Waals surface area contributed by atoms with Gasteiger partial charge in [0.15, 0.2) is 23.2 Å². The maximum Gasteiger partial charge on any atom is 0.342 e. The number of esters is 2. The molecule has 1 aliphatic heterocycles. The lowest BCUT2D eigenvalue weighted by Gasteiger charge is -2.30. The Labute approximate surface area is 294 Å². The van der Waals surface area contributed by atoms with E-state index in [4.69, 9.17) is 18.7 Å². The molecule has 4 rings (SSSR count). The molecule has 6 atom stereocenters. The third kappa shape index (κ3) is 9.78. The summed E-state index contributed by atoms with van der Waals surface area (Å²) in [6, 6.07) is -1.82. The SMILES string of the molecule is CCOC(=O)[C@H](CC(C)C)NP(=O)(N[C@@H](CC(C)C)C(=O)OCC)OC[C@H]1O[C@@H](n2cnc3c(NC4CCCC4)nc(C)nc32)C(C)(O)[C@H]1O. The summed E-state index contributed by atoms with van der Waals surface area (Å²) in [6.45, 7) is 13.9. The van der Waals surface area contributed by atoms with E-state index in [2.05, 4.69) is 30.4 Å². The first-order valence-electron chi connectivity index (χ1n) is 17.7. The van der Waals surface area contributed by atoms with Crippen LogP contribution in [0.5, 0.6) is 0 Å². The van der Waals surface area contributed by atoms with E-state index in [1.54, 1.807) is 25.3 Å². The second-order valence-electron chi connectivity index (χ2n) is 14.2. The average molecular weight is 726 g/mol. The predicted molar refractivity (Wildman–Crippen MR) is 186 cm³/mol. The third-order valence-electron chi connectivity index (χ3n) is 8.87. The van der Waals surface area contributed by atoms with E-state index >= 15 is 0 Å². The Balaban J connectivity index is 1.62. The summed E-state index contributed by atoms with van der Waals surface area (Å²) in [5.74, 6) is -0.173. The van der Waals surface area contributed by atoms with Crippen molar-refractivity contribution in [3.8, 4) is 0 Å². The van der Waals surface area contributed by atoms with Crippen LogP contribution in [0.25, 0.3) is 11.2 Å². The van der Waals surface area contributed by atoms with Gasteiger partial charge in [0.25, 0.3) is 0 Å². The number of carbonyl (C=O) groups is 2. The molecule has 0 bridgehead atoms. The van der Waals surface area contributed by atoms with Crippen molar-refractivity contribution >= 4 is 36.6 Å². The van der Waals surface area contributed by atoms with E-state index in [9.17, 15) is 24.4 Å². The highest BCUT2D eigenvalue weighted by Crippen LogP contribution is 2.45.